The summed E-state index contributed by atoms with van der Waals surface area (Å²) in [6, 6.07) is 33.5. The smallest absolute Gasteiger partial charge is 0.872 e. The van der Waals surface area contributed by atoms with E-state index in [0.717, 1.165) is 22.3 Å². The standard InChI is InChI=1S/2C12H10O.Fe/c2*13-12-9-5-4-8-11(12)10-6-2-1-3-7-10;/h2*1-9,13H;/q;;+2/p-2. The van der Waals surface area contributed by atoms with Crippen molar-refractivity contribution in [3.05, 3.63) is 109 Å². The number of para-hydroxylation sites is 2. The molecule has 0 radical (unpaired) electrons. The summed E-state index contributed by atoms with van der Waals surface area (Å²) in [7, 11) is 0. The first-order valence-electron chi connectivity index (χ1n) is 8.38. The van der Waals surface area contributed by atoms with E-state index >= 15 is 0 Å². The van der Waals surface area contributed by atoms with Crippen LogP contribution < -0.4 is 10.2 Å². The zero-order valence-corrected chi connectivity index (χ0v) is 15.7. The molecule has 3 heteroatoms. The van der Waals surface area contributed by atoms with Crippen molar-refractivity contribution in [3.8, 4) is 33.8 Å². The van der Waals surface area contributed by atoms with Crippen LogP contribution in [0.4, 0.5) is 0 Å². The number of rotatable bonds is 2. The van der Waals surface area contributed by atoms with E-state index in [1.807, 2.05) is 84.9 Å². The van der Waals surface area contributed by atoms with Crippen LogP contribution in [0.2, 0.25) is 0 Å². The zero-order chi connectivity index (χ0) is 18.2. The molecule has 0 aliphatic carbocycles. The molecule has 0 aliphatic heterocycles. The summed E-state index contributed by atoms with van der Waals surface area (Å²) in [5, 5.41) is 22.8. The Morgan fingerprint density at radius 2 is 0.667 bits per heavy atom. The van der Waals surface area contributed by atoms with E-state index in [0.29, 0.717) is 0 Å². The fraction of sp³-hybridized carbons (Fsp3) is 0. The third-order valence-electron chi connectivity index (χ3n) is 3.94. The summed E-state index contributed by atoms with van der Waals surface area (Å²) in [5.74, 6) is 0.155. The second kappa shape index (κ2) is 10.2. The largest absolute Gasteiger partial charge is 2.00 e. The first kappa shape index (κ1) is 20.3. The quantitative estimate of drug-likeness (QED) is 0.456. The van der Waals surface area contributed by atoms with Crippen LogP contribution >= 0.6 is 0 Å². The van der Waals surface area contributed by atoms with E-state index in [9.17, 15) is 10.2 Å². The van der Waals surface area contributed by atoms with Crippen LogP contribution in [0.3, 0.4) is 0 Å². The van der Waals surface area contributed by atoms with Gasteiger partial charge in [-0.2, -0.15) is 0 Å². The maximum Gasteiger partial charge on any atom is 2.00 e. The van der Waals surface area contributed by atoms with Gasteiger partial charge in [0.05, 0.1) is 0 Å². The Labute approximate surface area is 170 Å². The van der Waals surface area contributed by atoms with E-state index in [1.54, 1.807) is 24.3 Å². The van der Waals surface area contributed by atoms with Crippen LogP contribution in [-0.2, 0) is 17.1 Å². The Kier molecular flexibility index (Phi) is 7.69. The molecule has 4 aromatic carbocycles. The van der Waals surface area contributed by atoms with Crippen molar-refractivity contribution in [2.24, 2.45) is 0 Å². The van der Waals surface area contributed by atoms with E-state index in [-0.39, 0.29) is 28.6 Å². The number of hydrogen-bond donors (Lipinski definition) is 0. The summed E-state index contributed by atoms with van der Waals surface area (Å²) in [4.78, 5) is 0. The average Bonchev–Trinajstić information content (AvgIpc) is 2.71. The maximum absolute atomic E-state index is 11.4. The van der Waals surface area contributed by atoms with Crippen LogP contribution in [-0.4, -0.2) is 0 Å². The van der Waals surface area contributed by atoms with Gasteiger partial charge in [-0.3, -0.25) is 0 Å². The normalized spacial score (nSPS) is 9.48. The molecule has 4 aromatic rings. The molecule has 0 aliphatic rings. The minimum absolute atomic E-state index is 0. The maximum atomic E-state index is 11.4. The summed E-state index contributed by atoms with van der Waals surface area (Å²) in [5.41, 5.74) is 3.49. The Balaban J connectivity index is 0.000000187. The Morgan fingerprint density at radius 1 is 0.370 bits per heavy atom. The van der Waals surface area contributed by atoms with Gasteiger partial charge in [0, 0.05) is 0 Å². The molecule has 0 spiro atoms. The first-order chi connectivity index (χ1) is 12.8. The molecule has 0 saturated heterocycles. The van der Waals surface area contributed by atoms with E-state index in [2.05, 4.69) is 0 Å². The zero-order valence-electron chi connectivity index (χ0n) is 14.6. The summed E-state index contributed by atoms with van der Waals surface area (Å²) < 4.78 is 0. The third-order valence-corrected chi connectivity index (χ3v) is 3.94. The van der Waals surface area contributed by atoms with Gasteiger partial charge in [0.15, 0.2) is 0 Å². The Hall–Kier alpha value is -3.00. The van der Waals surface area contributed by atoms with Gasteiger partial charge in [0.25, 0.3) is 0 Å². The van der Waals surface area contributed by atoms with Gasteiger partial charge in [0.2, 0.25) is 0 Å². The van der Waals surface area contributed by atoms with Crippen molar-refractivity contribution < 1.29 is 27.3 Å². The number of hydrogen-bond acceptors (Lipinski definition) is 2. The Morgan fingerprint density at radius 3 is 1.00 bits per heavy atom. The molecule has 0 N–H and O–H groups in total. The van der Waals surface area contributed by atoms with Crippen molar-refractivity contribution in [2.75, 3.05) is 0 Å². The molecule has 0 aromatic heterocycles. The fourth-order valence-electron chi connectivity index (χ4n) is 2.65. The van der Waals surface area contributed by atoms with Crippen molar-refractivity contribution in [1.82, 2.24) is 0 Å². The third kappa shape index (κ3) is 5.49. The van der Waals surface area contributed by atoms with Gasteiger partial charge < -0.3 is 10.2 Å². The van der Waals surface area contributed by atoms with Gasteiger partial charge in [-0.25, -0.2) is 0 Å². The first-order valence-corrected chi connectivity index (χ1v) is 8.38. The molecule has 0 heterocycles. The average molecular weight is 394 g/mol. The molecule has 0 atom stereocenters. The fourth-order valence-corrected chi connectivity index (χ4v) is 2.65. The molecular formula is C24H18FeO2. The van der Waals surface area contributed by atoms with Crippen molar-refractivity contribution in [3.63, 3.8) is 0 Å². The van der Waals surface area contributed by atoms with Crippen molar-refractivity contribution >= 4 is 0 Å². The predicted octanol–water partition coefficient (Wildman–Crippen LogP) is 4.85. The van der Waals surface area contributed by atoms with Crippen LogP contribution in [0.1, 0.15) is 0 Å². The van der Waals surface area contributed by atoms with E-state index in [4.69, 9.17) is 0 Å². The van der Waals surface area contributed by atoms with E-state index < -0.39 is 0 Å². The Bertz CT molecular complexity index is 873. The topological polar surface area (TPSA) is 46.1 Å². The van der Waals surface area contributed by atoms with Gasteiger partial charge in [0.1, 0.15) is 0 Å². The molecule has 0 bridgehead atoms. The van der Waals surface area contributed by atoms with Crippen LogP contribution in [0.15, 0.2) is 109 Å². The SMILES string of the molecule is [Fe+2].[O-]c1ccccc1-c1ccccc1.[O-]c1ccccc1-c1ccccc1. The minimum Gasteiger partial charge on any atom is -0.872 e. The molecular weight excluding hydrogens is 376 g/mol. The van der Waals surface area contributed by atoms with Crippen molar-refractivity contribution in [2.45, 2.75) is 0 Å². The predicted molar refractivity (Wildman–Crippen MR) is 103 cm³/mol. The van der Waals surface area contributed by atoms with Gasteiger partial charge in [-0.05, 0) is 22.3 Å². The second-order valence-electron chi connectivity index (χ2n) is 5.72. The summed E-state index contributed by atoms with van der Waals surface area (Å²) in [6.45, 7) is 0. The number of benzene rings is 4. The van der Waals surface area contributed by atoms with Gasteiger partial charge in [-0.15, -0.1) is 11.5 Å². The van der Waals surface area contributed by atoms with Crippen LogP contribution in [0.5, 0.6) is 11.5 Å². The monoisotopic (exact) mass is 394 g/mol. The summed E-state index contributed by atoms with van der Waals surface area (Å²) >= 11 is 0. The van der Waals surface area contributed by atoms with Gasteiger partial charge in [-0.1, -0.05) is 109 Å². The van der Waals surface area contributed by atoms with Crippen molar-refractivity contribution in [1.29, 1.82) is 0 Å². The summed E-state index contributed by atoms with van der Waals surface area (Å²) in [6.07, 6.45) is 0. The minimum atomic E-state index is 0. The molecule has 0 unspecified atom stereocenters. The molecule has 4 rings (SSSR count). The van der Waals surface area contributed by atoms with E-state index in [1.165, 1.54) is 0 Å². The molecule has 27 heavy (non-hydrogen) atoms. The molecule has 2 nitrogen and oxygen atoms in total. The van der Waals surface area contributed by atoms with Crippen LogP contribution in [0, 0.1) is 0 Å². The van der Waals surface area contributed by atoms with Crippen LogP contribution in [0.25, 0.3) is 22.3 Å². The van der Waals surface area contributed by atoms with Gasteiger partial charge >= 0.3 is 17.1 Å². The molecule has 0 fully saturated rings. The second-order valence-corrected chi connectivity index (χ2v) is 5.72. The molecule has 0 amide bonds. The molecule has 134 valence electrons. The molecule has 0 saturated carbocycles.